The van der Waals surface area contributed by atoms with E-state index < -0.39 is 0 Å². The first-order chi connectivity index (χ1) is 17.0. The van der Waals surface area contributed by atoms with Crippen molar-refractivity contribution in [2.24, 2.45) is 5.41 Å². The maximum atomic E-state index is 6.20. The van der Waals surface area contributed by atoms with Crippen LogP contribution in [-0.2, 0) is 6.42 Å². The van der Waals surface area contributed by atoms with Crippen LogP contribution in [0.2, 0.25) is 0 Å². The van der Waals surface area contributed by atoms with Crippen molar-refractivity contribution in [1.82, 2.24) is 9.80 Å². The predicted molar refractivity (Wildman–Crippen MR) is 150 cm³/mol. The Bertz CT molecular complexity index is 1050. The van der Waals surface area contributed by atoms with Gasteiger partial charge in [0, 0.05) is 45.1 Å². The predicted octanol–water partition coefficient (Wildman–Crippen LogP) is 7.01. The summed E-state index contributed by atoms with van der Waals surface area (Å²) in [6, 6.07) is 24.2. The average molecular weight is 473 g/mol. The van der Waals surface area contributed by atoms with E-state index in [0.29, 0.717) is 17.9 Å². The van der Waals surface area contributed by atoms with Gasteiger partial charge in [-0.2, -0.15) is 0 Å². The molecule has 2 atom stereocenters. The van der Waals surface area contributed by atoms with Gasteiger partial charge in [-0.1, -0.05) is 88.2 Å². The first kappa shape index (κ1) is 25.7. The third-order valence-electron chi connectivity index (χ3n) is 8.31. The molecule has 3 heteroatoms. The molecule has 188 valence electrons. The zero-order chi connectivity index (χ0) is 24.7. The molecule has 2 unspecified atom stereocenters. The monoisotopic (exact) mass is 472 g/mol. The largest absolute Gasteiger partial charge is 0.493 e. The number of fused-ring (bicyclic) bond motifs is 1. The minimum atomic E-state index is 0.314. The number of likely N-dealkylation sites (N-methyl/N-ethyl adjacent to an activating group) is 1. The van der Waals surface area contributed by atoms with Crippen LogP contribution in [0.1, 0.15) is 57.1 Å². The normalized spacial score (nSPS) is 17.8. The fraction of sp³-hybridized carbons (Fsp3) is 0.500. The molecule has 0 radical (unpaired) electrons. The van der Waals surface area contributed by atoms with E-state index >= 15 is 0 Å². The second kappa shape index (κ2) is 12.1. The Morgan fingerprint density at radius 1 is 0.886 bits per heavy atom. The third-order valence-corrected chi connectivity index (χ3v) is 8.31. The molecule has 3 aromatic rings. The highest BCUT2D eigenvalue weighted by Gasteiger charge is 2.34. The van der Waals surface area contributed by atoms with E-state index in [1.54, 1.807) is 0 Å². The van der Waals surface area contributed by atoms with Gasteiger partial charge in [-0.15, -0.1) is 0 Å². The summed E-state index contributed by atoms with van der Waals surface area (Å²) in [5, 5.41) is 2.63. The molecule has 1 aliphatic heterocycles. The van der Waals surface area contributed by atoms with Crippen LogP contribution < -0.4 is 4.74 Å². The van der Waals surface area contributed by atoms with E-state index in [1.807, 2.05) is 0 Å². The third kappa shape index (κ3) is 6.45. The van der Waals surface area contributed by atoms with Crippen molar-refractivity contribution in [3.05, 3.63) is 77.9 Å². The van der Waals surface area contributed by atoms with Crippen molar-refractivity contribution < 1.29 is 4.74 Å². The van der Waals surface area contributed by atoms with Crippen molar-refractivity contribution in [2.75, 3.05) is 46.4 Å². The van der Waals surface area contributed by atoms with Crippen molar-refractivity contribution >= 4 is 10.8 Å². The van der Waals surface area contributed by atoms with Crippen molar-refractivity contribution in [3.63, 3.8) is 0 Å². The summed E-state index contributed by atoms with van der Waals surface area (Å²) in [6.07, 6.45) is 4.63. The molecule has 35 heavy (non-hydrogen) atoms. The lowest BCUT2D eigenvalue weighted by Gasteiger charge is -2.42. The second-order valence-corrected chi connectivity index (χ2v) is 10.7. The number of nitrogens with zero attached hydrogens (tertiary/aromatic N) is 2. The lowest BCUT2D eigenvalue weighted by Crippen LogP contribution is -2.47. The molecule has 0 aliphatic carbocycles. The van der Waals surface area contributed by atoms with E-state index in [0.717, 1.165) is 18.7 Å². The Labute approximate surface area is 213 Å². The summed E-state index contributed by atoms with van der Waals surface area (Å²) in [5.41, 5.74) is 3.13. The van der Waals surface area contributed by atoms with Crippen LogP contribution in [0.25, 0.3) is 10.8 Å². The molecule has 1 heterocycles. The molecule has 4 rings (SSSR count). The Balaban J connectivity index is 1.43. The fourth-order valence-electron chi connectivity index (χ4n) is 5.77. The SMILES string of the molecule is CCCC(C)(CC)C(CN1CCN(C)CC1)c1ccc(OCCc2cccc3ccccc23)cc1. The number of hydrogen-bond donors (Lipinski definition) is 0. The maximum absolute atomic E-state index is 6.20. The van der Waals surface area contributed by atoms with Crippen molar-refractivity contribution in [1.29, 1.82) is 0 Å². The van der Waals surface area contributed by atoms with Crippen LogP contribution in [0.4, 0.5) is 0 Å². The molecule has 1 fully saturated rings. The van der Waals surface area contributed by atoms with E-state index in [2.05, 4.69) is 104 Å². The van der Waals surface area contributed by atoms with Gasteiger partial charge in [0.25, 0.3) is 0 Å². The summed E-state index contributed by atoms with van der Waals surface area (Å²) >= 11 is 0. The molecule has 0 amide bonds. The zero-order valence-electron chi connectivity index (χ0n) is 22.3. The standard InChI is InChI=1S/C32H44N2O/c1-5-19-32(3,6-2)31(25-34-22-20-33(4)21-23-34)28-14-16-29(17-15-28)35-24-18-27-12-9-11-26-10-7-8-13-30(26)27/h7-17,31H,5-6,18-25H2,1-4H3. The molecular weight excluding hydrogens is 428 g/mol. The maximum Gasteiger partial charge on any atom is 0.119 e. The van der Waals surface area contributed by atoms with E-state index in [1.165, 1.54) is 67.3 Å². The number of benzene rings is 3. The molecule has 3 nitrogen and oxygen atoms in total. The molecule has 0 aromatic heterocycles. The number of hydrogen-bond acceptors (Lipinski definition) is 3. The van der Waals surface area contributed by atoms with Crippen LogP contribution in [0.5, 0.6) is 5.75 Å². The van der Waals surface area contributed by atoms with Gasteiger partial charge in [0.05, 0.1) is 6.61 Å². The average Bonchev–Trinajstić information content (AvgIpc) is 2.89. The lowest BCUT2D eigenvalue weighted by atomic mass is 9.68. The summed E-state index contributed by atoms with van der Waals surface area (Å²) in [5.74, 6) is 1.52. The molecule has 1 aliphatic rings. The Morgan fingerprint density at radius 2 is 1.60 bits per heavy atom. The van der Waals surface area contributed by atoms with Crippen molar-refractivity contribution in [2.45, 2.75) is 52.4 Å². The summed E-state index contributed by atoms with van der Waals surface area (Å²) in [4.78, 5) is 5.13. The van der Waals surface area contributed by atoms with Crippen LogP contribution in [0, 0.1) is 5.41 Å². The molecule has 0 saturated carbocycles. The minimum absolute atomic E-state index is 0.314. The van der Waals surface area contributed by atoms with Crippen LogP contribution in [0.15, 0.2) is 66.7 Å². The molecule has 0 spiro atoms. The van der Waals surface area contributed by atoms with E-state index in [4.69, 9.17) is 4.74 Å². The number of ether oxygens (including phenoxy) is 1. The lowest BCUT2D eigenvalue weighted by molar-refractivity contribution is 0.109. The molecule has 3 aromatic carbocycles. The van der Waals surface area contributed by atoms with Gasteiger partial charge in [0.1, 0.15) is 5.75 Å². The van der Waals surface area contributed by atoms with Crippen LogP contribution >= 0.6 is 0 Å². The number of piperazine rings is 1. The van der Waals surface area contributed by atoms with Crippen LogP contribution in [0.3, 0.4) is 0 Å². The molecular formula is C32H44N2O. The van der Waals surface area contributed by atoms with Gasteiger partial charge in [-0.25, -0.2) is 0 Å². The fourth-order valence-corrected chi connectivity index (χ4v) is 5.77. The van der Waals surface area contributed by atoms with E-state index in [9.17, 15) is 0 Å². The first-order valence-electron chi connectivity index (χ1n) is 13.6. The van der Waals surface area contributed by atoms with Gasteiger partial charge in [0.15, 0.2) is 0 Å². The second-order valence-electron chi connectivity index (χ2n) is 10.7. The molecule has 0 bridgehead atoms. The van der Waals surface area contributed by atoms with Gasteiger partial charge in [0.2, 0.25) is 0 Å². The Kier molecular flexibility index (Phi) is 8.86. The highest BCUT2D eigenvalue weighted by molar-refractivity contribution is 5.85. The zero-order valence-corrected chi connectivity index (χ0v) is 22.3. The summed E-state index contributed by atoms with van der Waals surface area (Å²) in [6.45, 7) is 13.7. The highest BCUT2D eigenvalue weighted by atomic mass is 16.5. The molecule has 1 saturated heterocycles. The highest BCUT2D eigenvalue weighted by Crippen LogP contribution is 2.43. The van der Waals surface area contributed by atoms with Gasteiger partial charge in [-0.3, -0.25) is 0 Å². The summed E-state index contributed by atoms with van der Waals surface area (Å²) < 4.78 is 6.20. The van der Waals surface area contributed by atoms with Gasteiger partial charge >= 0.3 is 0 Å². The Morgan fingerprint density at radius 3 is 2.31 bits per heavy atom. The van der Waals surface area contributed by atoms with E-state index in [-0.39, 0.29) is 0 Å². The minimum Gasteiger partial charge on any atom is -0.493 e. The quantitative estimate of drug-likeness (QED) is 0.298. The summed E-state index contributed by atoms with van der Waals surface area (Å²) in [7, 11) is 2.24. The number of rotatable bonds is 11. The topological polar surface area (TPSA) is 15.7 Å². The smallest absolute Gasteiger partial charge is 0.119 e. The van der Waals surface area contributed by atoms with Gasteiger partial charge in [-0.05, 0) is 52.9 Å². The van der Waals surface area contributed by atoms with Crippen molar-refractivity contribution in [3.8, 4) is 5.75 Å². The van der Waals surface area contributed by atoms with Gasteiger partial charge < -0.3 is 14.5 Å². The Hall–Kier alpha value is -2.36. The molecule has 0 N–H and O–H groups in total. The van der Waals surface area contributed by atoms with Crippen LogP contribution in [-0.4, -0.2) is 56.2 Å². The first-order valence-corrected chi connectivity index (χ1v) is 13.6.